The van der Waals surface area contributed by atoms with Gasteiger partial charge in [0.15, 0.2) is 0 Å². The number of ether oxygens (including phenoxy) is 1. The van der Waals surface area contributed by atoms with Gasteiger partial charge in [-0.15, -0.1) is 0 Å². The molecular formula is C16H17NO2. The standard InChI is InChI=1S/C16H17NO2/c1-11-6-7-13(9-17-11)16(18)14-8-12-4-2-3-5-15(12)19-10-14/h2-7,9,14,16,18H,8,10H2,1H3. The Morgan fingerprint density at radius 3 is 2.89 bits per heavy atom. The molecule has 2 unspecified atom stereocenters. The normalized spacial score (nSPS) is 19.4. The van der Waals surface area contributed by atoms with Gasteiger partial charge in [0.1, 0.15) is 5.75 Å². The van der Waals surface area contributed by atoms with Gasteiger partial charge in [-0.3, -0.25) is 4.98 Å². The van der Waals surface area contributed by atoms with Crippen LogP contribution in [0.3, 0.4) is 0 Å². The fourth-order valence-electron chi connectivity index (χ4n) is 2.48. The number of hydrogen-bond acceptors (Lipinski definition) is 3. The SMILES string of the molecule is Cc1ccc(C(O)C2COc3ccccc3C2)cn1. The lowest BCUT2D eigenvalue weighted by atomic mass is 9.89. The highest BCUT2D eigenvalue weighted by Gasteiger charge is 2.27. The average molecular weight is 255 g/mol. The number of para-hydroxylation sites is 1. The Balaban J connectivity index is 1.79. The van der Waals surface area contributed by atoms with Crippen LogP contribution in [0.25, 0.3) is 0 Å². The van der Waals surface area contributed by atoms with E-state index in [0.29, 0.717) is 6.61 Å². The molecule has 0 spiro atoms. The van der Waals surface area contributed by atoms with Gasteiger partial charge in [-0.05, 0) is 36.6 Å². The second kappa shape index (κ2) is 5.02. The maximum atomic E-state index is 10.4. The van der Waals surface area contributed by atoms with Gasteiger partial charge in [0.25, 0.3) is 0 Å². The Labute approximate surface area is 112 Å². The number of rotatable bonds is 2. The summed E-state index contributed by atoms with van der Waals surface area (Å²) in [7, 11) is 0. The van der Waals surface area contributed by atoms with E-state index in [4.69, 9.17) is 4.74 Å². The smallest absolute Gasteiger partial charge is 0.122 e. The van der Waals surface area contributed by atoms with Crippen LogP contribution in [0.4, 0.5) is 0 Å². The molecule has 1 aliphatic heterocycles. The molecule has 0 radical (unpaired) electrons. The summed E-state index contributed by atoms with van der Waals surface area (Å²) in [6.07, 6.45) is 2.06. The monoisotopic (exact) mass is 255 g/mol. The number of aryl methyl sites for hydroxylation is 1. The van der Waals surface area contributed by atoms with Crippen LogP contribution >= 0.6 is 0 Å². The predicted molar refractivity (Wildman–Crippen MR) is 73.1 cm³/mol. The molecule has 3 rings (SSSR count). The summed E-state index contributed by atoms with van der Waals surface area (Å²) in [5.41, 5.74) is 2.98. The Morgan fingerprint density at radius 2 is 2.11 bits per heavy atom. The van der Waals surface area contributed by atoms with Crippen LogP contribution in [0.15, 0.2) is 42.6 Å². The zero-order chi connectivity index (χ0) is 13.2. The summed E-state index contributed by atoms with van der Waals surface area (Å²) >= 11 is 0. The first kappa shape index (κ1) is 12.2. The molecule has 3 nitrogen and oxygen atoms in total. The summed E-state index contributed by atoms with van der Waals surface area (Å²) in [6.45, 7) is 2.49. The van der Waals surface area contributed by atoms with Gasteiger partial charge in [-0.25, -0.2) is 0 Å². The summed E-state index contributed by atoms with van der Waals surface area (Å²) in [6, 6.07) is 11.9. The lowest BCUT2D eigenvalue weighted by Gasteiger charge is -2.28. The molecule has 0 bridgehead atoms. The molecular weight excluding hydrogens is 238 g/mol. The van der Waals surface area contributed by atoms with Crippen LogP contribution in [0.2, 0.25) is 0 Å². The fraction of sp³-hybridized carbons (Fsp3) is 0.312. The van der Waals surface area contributed by atoms with Crippen LogP contribution < -0.4 is 4.74 Å². The van der Waals surface area contributed by atoms with E-state index in [-0.39, 0.29) is 5.92 Å². The van der Waals surface area contributed by atoms with Gasteiger partial charge < -0.3 is 9.84 Å². The minimum absolute atomic E-state index is 0.0828. The van der Waals surface area contributed by atoms with Gasteiger partial charge in [0.05, 0.1) is 12.7 Å². The maximum Gasteiger partial charge on any atom is 0.122 e. The number of aliphatic hydroxyl groups excluding tert-OH is 1. The zero-order valence-corrected chi connectivity index (χ0v) is 10.9. The number of pyridine rings is 1. The molecule has 1 aromatic heterocycles. The highest BCUT2D eigenvalue weighted by atomic mass is 16.5. The van der Waals surface area contributed by atoms with Gasteiger partial charge >= 0.3 is 0 Å². The number of fused-ring (bicyclic) bond motifs is 1. The van der Waals surface area contributed by atoms with Crippen LogP contribution in [0.1, 0.15) is 22.9 Å². The number of benzene rings is 1. The maximum absolute atomic E-state index is 10.4. The van der Waals surface area contributed by atoms with Crippen LogP contribution in [-0.4, -0.2) is 16.7 Å². The Morgan fingerprint density at radius 1 is 1.26 bits per heavy atom. The van der Waals surface area contributed by atoms with Gasteiger partial charge in [-0.2, -0.15) is 0 Å². The molecule has 0 saturated carbocycles. The van der Waals surface area contributed by atoms with E-state index in [2.05, 4.69) is 11.1 Å². The topological polar surface area (TPSA) is 42.4 Å². The van der Waals surface area contributed by atoms with Crippen LogP contribution in [-0.2, 0) is 6.42 Å². The third-order valence-corrected chi connectivity index (χ3v) is 3.63. The van der Waals surface area contributed by atoms with Crippen molar-refractivity contribution in [2.45, 2.75) is 19.4 Å². The number of aliphatic hydroxyl groups is 1. The van der Waals surface area contributed by atoms with Crippen molar-refractivity contribution in [1.29, 1.82) is 0 Å². The van der Waals surface area contributed by atoms with E-state index < -0.39 is 6.10 Å². The molecule has 1 aliphatic rings. The Kier molecular flexibility index (Phi) is 3.22. The lowest BCUT2D eigenvalue weighted by Crippen LogP contribution is -2.26. The van der Waals surface area contributed by atoms with Crippen LogP contribution in [0, 0.1) is 12.8 Å². The van der Waals surface area contributed by atoms with Crippen molar-refractivity contribution in [2.24, 2.45) is 5.92 Å². The minimum Gasteiger partial charge on any atom is -0.493 e. The van der Waals surface area contributed by atoms with Gasteiger partial charge in [-0.1, -0.05) is 24.3 Å². The zero-order valence-electron chi connectivity index (χ0n) is 10.9. The molecule has 0 aliphatic carbocycles. The average Bonchev–Trinajstić information content (AvgIpc) is 2.47. The molecule has 2 heterocycles. The highest BCUT2D eigenvalue weighted by molar-refractivity contribution is 5.35. The largest absolute Gasteiger partial charge is 0.493 e. The summed E-state index contributed by atoms with van der Waals surface area (Å²) in [5.74, 6) is 1.02. The first-order chi connectivity index (χ1) is 9.24. The molecule has 2 atom stereocenters. The van der Waals surface area contributed by atoms with E-state index in [9.17, 15) is 5.11 Å². The molecule has 0 amide bonds. The van der Waals surface area contributed by atoms with Crippen molar-refractivity contribution in [3.8, 4) is 5.75 Å². The number of aromatic nitrogens is 1. The first-order valence-electron chi connectivity index (χ1n) is 6.55. The summed E-state index contributed by atoms with van der Waals surface area (Å²) < 4.78 is 5.72. The number of nitrogens with zero attached hydrogens (tertiary/aromatic N) is 1. The fourth-order valence-corrected chi connectivity index (χ4v) is 2.48. The Bertz CT molecular complexity index is 565. The van der Waals surface area contributed by atoms with Gasteiger partial charge in [0.2, 0.25) is 0 Å². The quantitative estimate of drug-likeness (QED) is 0.897. The van der Waals surface area contributed by atoms with Crippen molar-refractivity contribution in [1.82, 2.24) is 4.98 Å². The molecule has 1 aromatic carbocycles. The number of hydrogen-bond donors (Lipinski definition) is 1. The second-order valence-electron chi connectivity index (χ2n) is 5.06. The third-order valence-electron chi connectivity index (χ3n) is 3.63. The lowest BCUT2D eigenvalue weighted by molar-refractivity contribution is 0.0642. The van der Waals surface area contributed by atoms with E-state index >= 15 is 0 Å². The molecule has 0 saturated heterocycles. The van der Waals surface area contributed by atoms with Crippen molar-refractivity contribution in [2.75, 3.05) is 6.61 Å². The van der Waals surface area contributed by atoms with Crippen molar-refractivity contribution in [3.05, 3.63) is 59.4 Å². The van der Waals surface area contributed by atoms with Crippen LogP contribution in [0.5, 0.6) is 5.75 Å². The van der Waals surface area contributed by atoms with Gasteiger partial charge in [0, 0.05) is 17.8 Å². The molecule has 1 N–H and O–H groups in total. The van der Waals surface area contributed by atoms with E-state index in [1.807, 2.05) is 37.3 Å². The third kappa shape index (κ3) is 2.47. The molecule has 0 fully saturated rings. The van der Waals surface area contributed by atoms with E-state index in [0.717, 1.165) is 29.0 Å². The Hall–Kier alpha value is -1.87. The molecule has 19 heavy (non-hydrogen) atoms. The summed E-state index contributed by atoms with van der Waals surface area (Å²) in [5, 5.41) is 10.4. The van der Waals surface area contributed by atoms with Crippen molar-refractivity contribution in [3.63, 3.8) is 0 Å². The highest BCUT2D eigenvalue weighted by Crippen LogP contribution is 2.33. The first-order valence-corrected chi connectivity index (χ1v) is 6.55. The van der Waals surface area contributed by atoms with Crippen molar-refractivity contribution >= 4 is 0 Å². The molecule has 3 heteroatoms. The minimum atomic E-state index is -0.526. The second-order valence-corrected chi connectivity index (χ2v) is 5.06. The molecule has 2 aromatic rings. The van der Waals surface area contributed by atoms with Crippen molar-refractivity contribution < 1.29 is 9.84 Å². The summed E-state index contributed by atoms with van der Waals surface area (Å²) in [4.78, 5) is 4.24. The molecule has 98 valence electrons. The van der Waals surface area contributed by atoms with E-state index in [1.54, 1.807) is 6.20 Å². The predicted octanol–water partition coefficient (Wildman–Crippen LogP) is 2.67. The van der Waals surface area contributed by atoms with E-state index in [1.165, 1.54) is 0 Å².